The molecule has 0 aliphatic carbocycles. The molecule has 0 fully saturated rings. The molecule has 5 nitrogen and oxygen atoms in total. The summed E-state index contributed by atoms with van der Waals surface area (Å²) in [7, 11) is -2.19. The van der Waals surface area contributed by atoms with Gasteiger partial charge in [-0.1, -0.05) is 36.4 Å². The van der Waals surface area contributed by atoms with E-state index in [4.69, 9.17) is 0 Å². The van der Waals surface area contributed by atoms with Gasteiger partial charge < -0.3 is 4.90 Å². The van der Waals surface area contributed by atoms with Crippen LogP contribution in [0.2, 0.25) is 0 Å². The number of amides is 1. The van der Waals surface area contributed by atoms with Crippen LogP contribution in [-0.2, 0) is 16.6 Å². The van der Waals surface area contributed by atoms with Crippen molar-refractivity contribution >= 4 is 21.6 Å². The number of carbonyl (C=O) groups is 1. The third kappa shape index (κ3) is 4.55. The first-order chi connectivity index (χ1) is 13.4. The van der Waals surface area contributed by atoms with Crippen molar-refractivity contribution in [2.75, 3.05) is 11.8 Å². The van der Waals surface area contributed by atoms with E-state index in [0.29, 0.717) is 16.8 Å². The summed E-state index contributed by atoms with van der Waals surface area (Å²) in [6, 6.07) is 20.4. The number of sulfonamides is 1. The van der Waals surface area contributed by atoms with Crippen LogP contribution < -0.4 is 4.72 Å². The van der Waals surface area contributed by atoms with Crippen LogP contribution >= 0.6 is 0 Å². The molecule has 144 valence electrons. The zero-order chi connectivity index (χ0) is 20.1. The fourth-order valence-corrected chi connectivity index (χ4v) is 3.73. The van der Waals surface area contributed by atoms with Crippen LogP contribution in [0.5, 0.6) is 0 Å². The van der Waals surface area contributed by atoms with Gasteiger partial charge in [0.25, 0.3) is 15.9 Å². The number of nitrogens with one attached hydrogen (secondary N) is 1. The quantitative estimate of drug-likeness (QED) is 0.685. The lowest BCUT2D eigenvalue weighted by Gasteiger charge is -2.18. The highest BCUT2D eigenvalue weighted by Gasteiger charge is 2.17. The number of benzene rings is 3. The van der Waals surface area contributed by atoms with Crippen molar-refractivity contribution in [3.63, 3.8) is 0 Å². The van der Waals surface area contributed by atoms with Gasteiger partial charge in [-0.2, -0.15) is 0 Å². The highest BCUT2D eigenvalue weighted by atomic mass is 32.2. The largest absolute Gasteiger partial charge is 0.337 e. The first kappa shape index (κ1) is 19.6. The van der Waals surface area contributed by atoms with Crippen molar-refractivity contribution in [1.29, 1.82) is 0 Å². The second kappa shape index (κ2) is 8.22. The Balaban J connectivity index is 1.72. The topological polar surface area (TPSA) is 66.5 Å². The number of carbonyl (C=O) groups excluding carboxylic acids is 1. The highest BCUT2D eigenvalue weighted by molar-refractivity contribution is 7.92. The number of para-hydroxylation sites is 1. The summed E-state index contributed by atoms with van der Waals surface area (Å²) >= 11 is 0. The van der Waals surface area contributed by atoms with E-state index >= 15 is 0 Å². The Morgan fingerprint density at radius 1 is 0.929 bits per heavy atom. The molecule has 0 unspecified atom stereocenters. The normalized spacial score (nSPS) is 11.1. The molecule has 0 aromatic heterocycles. The number of halogens is 1. The molecule has 3 rings (SSSR count). The van der Waals surface area contributed by atoms with E-state index in [9.17, 15) is 17.6 Å². The minimum Gasteiger partial charge on any atom is -0.337 e. The van der Waals surface area contributed by atoms with Gasteiger partial charge in [-0.05, 0) is 42.5 Å². The van der Waals surface area contributed by atoms with Crippen LogP contribution in [-0.4, -0.2) is 26.3 Å². The fraction of sp³-hybridized carbons (Fsp3) is 0.0952. The SMILES string of the molecule is CN(Cc1ccccc1F)C(=O)c1ccc(S(=O)(=O)Nc2ccccc2)cc1. The Hall–Kier alpha value is -3.19. The van der Waals surface area contributed by atoms with Crippen LogP contribution in [0, 0.1) is 5.82 Å². The molecular formula is C21H19FN2O3S. The molecular weight excluding hydrogens is 379 g/mol. The highest BCUT2D eigenvalue weighted by Crippen LogP contribution is 2.17. The average Bonchev–Trinajstić information content (AvgIpc) is 2.69. The van der Waals surface area contributed by atoms with Crippen LogP contribution in [0.15, 0.2) is 83.8 Å². The van der Waals surface area contributed by atoms with Gasteiger partial charge in [0.15, 0.2) is 0 Å². The number of hydrogen-bond acceptors (Lipinski definition) is 3. The van der Waals surface area contributed by atoms with Crippen molar-refractivity contribution < 1.29 is 17.6 Å². The van der Waals surface area contributed by atoms with E-state index in [1.807, 2.05) is 0 Å². The monoisotopic (exact) mass is 398 g/mol. The maximum Gasteiger partial charge on any atom is 0.261 e. The Morgan fingerprint density at radius 2 is 1.54 bits per heavy atom. The van der Waals surface area contributed by atoms with Crippen molar-refractivity contribution in [3.8, 4) is 0 Å². The lowest BCUT2D eigenvalue weighted by molar-refractivity contribution is 0.0783. The van der Waals surface area contributed by atoms with E-state index < -0.39 is 10.0 Å². The molecule has 0 saturated carbocycles. The lowest BCUT2D eigenvalue weighted by atomic mass is 10.1. The zero-order valence-corrected chi connectivity index (χ0v) is 16.0. The molecule has 1 N–H and O–H groups in total. The Kier molecular flexibility index (Phi) is 5.75. The minimum absolute atomic E-state index is 0.0460. The summed E-state index contributed by atoms with van der Waals surface area (Å²) < 4.78 is 41.1. The zero-order valence-electron chi connectivity index (χ0n) is 15.2. The van der Waals surface area contributed by atoms with E-state index in [1.54, 1.807) is 55.6 Å². The van der Waals surface area contributed by atoms with Crippen molar-refractivity contribution in [3.05, 3.63) is 95.8 Å². The molecule has 0 saturated heterocycles. The maximum absolute atomic E-state index is 13.8. The Labute approximate surface area is 163 Å². The van der Waals surface area contributed by atoms with Gasteiger partial charge in [0, 0.05) is 30.4 Å². The predicted octanol–water partition coefficient (Wildman–Crippen LogP) is 3.90. The number of nitrogens with zero attached hydrogens (tertiary/aromatic N) is 1. The van der Waals surface area contributed by atoms with Gasteiger partial charge in [-0.3, -0.25) is 9.52 Å². The third-order valence-electron chi connectivity index (χ3n) is 4.15. The number of anilines is 1. The number of hydrogen-bond donors (Lipinski definition) is 1. The molecule has 1 amide bonds. The molecule has 3 aromatic carbocycles. The van der Waals surface area contributed by atoms with E-state index in [-0.39, 0.29) is 23.2 Å². The van der Waals surface area contributed by atoms with E-state index in [1.165, 1.54) is 35.2 Å². The van der Waals surface area contributed by atoms with Crippen molar-refractivity contribution in [2.24, 2.45) is 0 Å². The standard InChI is InChI=1S/C21H19FN2O3S/c1-24(15-17-7-5-6-10-20(17)22)21(25)16-11-13-19(14-12-16)28(26,27)23-18-8-3-2-4-9-18/h2-14,23H,15H2,1H3. The van der Waals surface area contributed by atoms with Crippen molar-refractivity contribution in [1.82, 2.24) is 4.90 Å². The summed E-state index contributed by atoms with van der Waals surface area (Å²) in [5, 5.41) is 0. The summed E-state index contributed by atoms with van der Waals surface area (Å²) in [5.41, 5.74) is 1.18. The molecule has 0 spiro atoms. The molecule has 0 bridgehead atoms. The molecule has 0 radical (unpaired) electrons. The van der Waals surface area contributed by atoms with E-state index in [2.05, 4.69) is 4.72 Å². The molecule has 0 aliphatic rings. The second-order valence-electron chi connectivity index (χ2n) is 6.25. The molecule has 0 aliphatic heterocycles. The summed E-state index contributed by atoms with van der Waals surface area (Å²) in [6.45, 7) is 0.112. The van der Waals surface area contributed by atoms with Gasteiger partial charge in [0.1, 0.15) is 5.82 Å². The van der Waals surface area contributed by atoms with Crippen molar-refractivity contribution in [2.45, 2.75) is 11.4 Å². The van der Waals surface area contributed by atoms with Gasteiger partial charge in [-0.15, -0.1) is 0 Å². The van der Waals surface area contributed by atoms with Crippen LogP contribution in [0.1, 0.15) is 15.9 Å². The minimum atomic E-state index is -3.75. The van der Waals surface area contributed by atoms with Gasteiger partial charge in [0.2, 0.25) is 0 Å². The maximum atomic E-state index is 13.8. The first-order valence-corrected chi connectivity index (χ1v) is 10.0. The van der Waals surface area contributed by atoms with Gasteiger partial charge >= 0.3 is 0 Å². The van der Waals surface area contributed by atoms with Gasteiger partial charge in [-0.25, -0.2) is 12.8 Å². The number of rotatable bonds is 6. The summed E-state index contributed by atoms with van der Waals surface area (Å²) in [5.74, 6) is -0.709. The van der Waals surface area contributed by atoms with Gasteiger partial charge in [0.05, 0.1) is 4.90 Å². The predicted molar refractivity (Wildman–Crippen MR) is 106 cm³/mol. The van der Waals surface area contributed by atoms with Crippen LogP contribution in [0.3, 0.4) is 0 Å². The van der Waals surface area contributed by atoms with Crippen LogP contribution in [0.4, 0.5) is 10.1 Å². The Bertz CT molecular complexity index is 1070. The lowest BCUT2D eigenvalue weighted by Crippen LogP contribution is -2.26. The molecule has 28 heavy (non-hydrogen) atoms. The molecule has 7 heteroatoms. The smallest absolute Gasteiger partial charge is 0.261 e. The average molecular weight is 398 g/mol. The second-order valence-corrected chi connectivity index (χ2v) is 7.93. The van der Waals surface area contributed by atoms with E-state index in [0.717, 1.165) is 0 Å². The third-order valence-corrected chi connectivity index (χ3v) is 5.55. The molecule has 0 atom stereocenters. The summed E-state index contributed by atoms with van der Waals surface area (Å²) in [6.07, 6.45) is 0. The summed E-state index contributed by atoms with van der Waals surface area (Å²) in [4.78, 5) is 14.0. The first-order valence-electron chi connectivity index (χ1n) is 8.53. The van der Waals surface area contributed by atoms with Crippen LogP contribution in [0.25, 0.3) is 0 Å². The molecule has 0 heterocycles. The molecule has 3 aromatic rings. The Morgan fingerprint density at radius 3 is 2.18 bits per heavy atom. The fourth-order valence-electron chi connectivity index (χ4n) is 2.67.